The van der Waals surface area contributed by atoms with Gasteiger partial charge in [0.25, 0.3) is 0 Å². The summed E-state index contributed by atoms with van der Waals surface area (Å²) in [6.07, 6.45) is 0. The Balaban J connectivity index is 2.32. The largest absolute Gasteiger partial charge is 0.321 e. The van der Waals surface area contributed by atoms with E-state index in [1.807, 2.05) is 0 Å². The highest BCUT2D eigenvalue weighted by atomic mass is 19.2. The van der Waals surface area contributed by atoms with Gasteiger partial charge in [-0.3, -0.25) is 4.79 Å². The van der Waals surface area contributed by atoms with Gasteiger partial charge < -0.3 is 10.6 Å². The van der Waals surface area contributed by atoms with Gasteiger partial charge in [-0.2, -0.15) is 0 Å². The SMILES string of the molecule is C[C@@H]1CNC[C@H]1C(=O)Nc1c(F)c(F)c(F)c(F)c1F. The summed E-state index contributed by atoms with van der Waals surface area (Å²) in [7, 11) is 0. The fraction of sp³-hybridized carbons (Fsp3) is 0.417. The maximum absolute atomic E-state index is 13.4. The van der Waals surface area contributed by atoms with E-state index in [0.717, 1.165) is 0 Å². The molecule has 0 aliphatic carbocycles. The molecule has 0 bridgehead atoms. The van der Waals surface area contributed by atoms with Crippen molar-refractivity contribution in [3.05, 3.63) is 29.1 Å². The number of hydrogen-bond acceptors (Lipinski definition) is 2. The van der Waals surface area contributed by atoms with Gasteiger partial charge in [-0.1, -0.05) is 6.92 Å². The smallest absolute Gasteiger partial charge is 0.229 e. The number of nitrogens with one attached hydrogen (secondary N) is 2. The maximum atomic E-state index is 13.4. The molecule has 1 aliphatic rings. The number of halogens is 5. The van der Waals surface area contributed by atoms with Crippen LogP contribution < -0.4 is 10.6 Å². The highest BCUT2D eigenvalue weighted by Gasteiger charge is 2.32. The van der Waals surface area contributed by atoms with Gasteiger partial charge in [0.2, 0.25) is 11.7 Å². The fourth-order valence-corrected chi connectivity index (χ4v) is 2.09. The van der Waals surface area contributed by atoms with Crippen LogP contribution in [-0.4, -0.2) is 19.0 Å². The lowest BCUT2D eigenvalue weighted by molar-refractivity contribution is -0.120. The van der Waals surface area contributed by atoms with Crippen molar-refractivity contribution in [1.82, 2.24) is 5.32 Å². The van der Waals surface area contributed by atoms with Crippen LogP contribution in [0.1, 0.15) is 6.92 Å². The number of benzene rings is 1. The summed E-state index contributed by atoms with van der Waals surface area (Å²) in [5.41, 5.74) is -1.31. The first kappa shape index (κ1) is 14.7. The Morgan fingerprint density at radius 2 is 1.50 bits per heavy atom. The second-order valence-electron chi connectivity index (χ2n) is 4.68. The first-order valence-corrected chi connectivity index (χ1v) is 5.87. The molecule has 2 N–H and O–H groups in total. The van der Waals surface area contributed by atoms with Gasteiger partial charge in [0.05, 0.1) is 5.92 Å². The highest BCUT2D eigenvalue weighted by molar-refractivity contribution is 5.93. The van der Waals surface area contributed by atoms with E-state index in [0.29, 0.717) is 6.54 Å². The molecular formula is C12H11F5N2O. The van der Waals surface area contributed by atoms with Crippen LogP contribution in [0.3, 0.4) is 0 Å². The number of anilines is 1. The monoisotopic (exact) mass is 294 g/mol. The third kappa shape index (κ3) is 2.35. The van der Waals surface area contributed by atoms with Gasteiger partial charge in [-0.15, -0.1) is 0 Å². The Morgan fingerprint density at radius 3 is 1.95 bits per heavy atom. The van der Waals surface area contributed by atoms with Crippen LogP contribution in [-0.2, 0) is 4.79 Å². The molecule has 3 nitrogen and oxygen atoms in total. The molecule has 1 heterocycles. The number of hydrogen-bond donors (Lipinski definition) is 2. The summed E-state index contributed by atoms with van der Waals surface area (Å²) in [6.45, 7) is 2.56. The third-order valence-electron chi connectivity index (χ3n) is 3.31. The minimum absolute atomic E-state index is 0.101. The van der Waals surface area contributed by atoms with E-state index in [4.69, 9.17) is 0 Å². The molecule has 1 aliphatic heterocycles. The summed E-state index contributed by atoms with van der Waals surface area (Å²) < 4.78 is 65.6. The minimum Gasteiger partial charge on any atom is -0.321 e. The number of rotatable bonds is 2. The molecule has 1 aromatic rings. The molecule has 1 amide bonds. The normalized spacial score (nSPS) is 22.1. The van der Waals surface area contributed by atoms with E-state index in [-0.39, 0.29) is 12.5 Å². The Morgan fingerprint density at radius 1 is 1.00 bits per heavy atom. The molecule has 1 aromatic carbocycles. The lowest BCUT2D eigenvalue weighted by Gasteiger charge is -2.15. The first-order valence-electron chi connectivity index (χ1n) is 5.87. The van der Waals surface area contributed by atoms with Gasteiger partial charge in [0.1, 0.15) is 5.69 Å². The van der Waals surface area contributed by atoms with E-state index in [9.17, 15) is 26.7 Å². The topological polar surface area (TPSA) is 41.1 Å². The second-order valence-corrected chi connectivity index (χ2v) is 4.68. The molecule has 110 valence electrons. The summed E-state index contributed by atoms with van der Waals surface area (Å²) in [4.78, 5) is 11.8. The van der Waals surface area contributed by atoms with Crippen LogP contribution in [0.4, 0.5) is 27.6 Å². The molecule has 2 atom stereocenters. The zero-order valence-electron chi connectivity index (χ0n) is 10.4. The van der Waals surface area contributed by atoms with E-state index >= 15 is 0 Å². The van der Waals surface area contributed by atoms with Crippen LogP contribution in [0.25, 0.3) is 0 Å². The van der Waals surface area contributed by atoms with Crippen LogP contribution >= 0.6 is 0 Å². The van der Waals surface area contributed by atoms with Crippen LogP contribution in [0.5, 0.6) is 0 Å². The number of carbonyl (C=O) groups is 1. The molecule has 8 heteroatoms. The molecule has 0 aromatic heterocycles. The van der Waals surface area contributed by atoms with Gasteiger partial charge in [0, 0.05) is 6.54 Å². The average molecular weight is 294 g/mol. The fourth-order valence-electron chi connectivity index (χ4n) is 2.09. The minimum atomic E-state index is -2.26. The van der Waals surface area contributed by atoms with E-state index < -0.39 is 46.6 Å². The standard InChI is InChI=1S/C12H11F5N2O/c1-4-2-18-3-5(4)12(20)19-11-9(16)7(14)6(13)8(15)10(11)17/h4-5,18H,2-3H2,1H3,(H,19,20)/t4-,5-/m1/s1. The van der Waals surface area contributed by atoms with Crippen molar-refractivity contribution in [3.8, 4) is 0 Å². The summed E-state index contributed by atoms with van der Waals surface area (Å²) in [5, 5.41) is 4.68. The Labute approximate surface area is 111 Å². The van der Waals surface area contributed by atoms with Crippen molar-refractivity contribution in [1.29, 1.82) is 0 Å². The Hall–Kier alpha value is -1.70. The van der Waals surface area contributed by atoms with Gasteiger partial charge in [0.15, 0.2) is 23.3 Å². The quantitative estimate of drug-likeness (QED) is 0.499. The zero-order chi connectivity index (χ0) is 15.0. The first-order chi connectivity index (χ1) is 9.34. The van der Waals surface area contributed by atoms with Crippen molar-refractivity contribution in [2.75, 3.05) is 18.4 Å². The molecule has 1 saturated heterocycles. The highest BCUT2D eigenvalue weighted by Crippen LogP contribution is 2.28. The number of amides is 1. The predicted octanol–water partition coefficient (Wildman–Crippen LogP) is 2.18. The lowest BCUT2D eigenvalue weighted by atomic mass is 9.97. The van der Waals surface area contributed by atoms with Gasteiger partial charge in [-0.05, 0) is 12.5 Å². The molecule has 0 unspecified atom stereocenters. The van der Waals surface area contributed by atoms with Crippen molar-refractivity contribution in [2.24, 2.45) is 11.8 Å². The summed E-state index contributed by atoms with van der Waals surface area (Å²) in [6, 6.07) is 0. The molecule has 0 spiro atoms. The summed E-state index contributed by atoms with van der Waals surface area (Å²) >= 11 is 0. The second kappa shape index (κ2) is 5.35. The summed E-state index contributed by atoms with van der Waals surface area (Å²) in [5.74, 6) is -12.0. The number of carbonyl (C=O) groups excluding carboxylic acids is 1. The molecule has 2 rings (SSSR count). The lowest BCUT2D eigenvalue weighted by Crippen LogP contribution is -2.29. The van der Waals surface area contributed by atoms with E-state index in [2.05, 4.69) is 5.32 Å². The maximum Gasteiger partial charge on any atom is 0.229 e. The molecule has 20 heavy (non-hydrogen) atoms. The average Bonchev–Trinajstić information content (AvgIpc) is 2.85. The van der Waals surface area contributed by atoms with Gasteiger partial charge >= 0.3 is 0 Å². The van der Waals surface area contributed by atoms with Crippen molar-refractivity contribution < 1.29 is 26.7 Å². The van der Waals surface area contributed by atoms with Crippen LogP contribution in [0.2, 0.25) is 0 Å². The van der Waals surface area contributed by atoms with Crippen molar-refractivity contribution >= 4 is 11.6 Å². The predicted molar refractivity (Wildman–Crippen MR) is 60.4 cm³/mol. The zero-order valence-corrected chi connectivity index (χ0v) is 10.4. The third-order valence-corrected chi connectivity index (χ3v) is 3.31. The van der Waals surface area contributed by atoms with E-state index in [1.54, 1.807) is 12.2 Å². The Bertz CT molecular complexity index is 534. The van der Waals surface area contributed by atoms with Crippen molar-refractivity contribution in [2.45, 2.75) is 6.92 Å². The van der Waals surface area contributed by atoms with Crippen LogP contribution in [0.15, 0.2) is 0 Å². The Kier molecular flexibility index (Phi) is 3.94. The van der Waals surface area contributed by atoms with Gasteiger partial charge in [-0.25, -0.2) is 22.0 Å². The molecule has 0 radical (unpaired) electrons. The molecule has 1 fully saturated rings. The van der Waals surface area contributed by atoms with Crippen molar-refractivity contribution in [3.63, 3.8) is 0 Å². The van der Waals surface area contributed by atoms with E-state index in [1.165, 1.54) is 0 Å². The molecular weight excluding hydrogens is 283 g/mol. The molecule has 0 saturated carbocycles. The van der Waals surface area contributed by atoms with Crippen LogP contribution in [0, 0.1) is 40.9 Å².